The fraction of sp³-hybridized carbons (Fsp3) is 0.894. The minimum absolute atomic E-state index is 0.245. The first kappa shape index (κ1) is 74.3. The van der Waals surface area contributed by atoms with Crippen molar-refractivity contribution in [3.8, 4) is 0 Å². The summed E-state index contributed by atoms with van der Waals surface area (Å²) >= 11 is 0. The molecule has 12 atom stereocenters. The number of aliphatic hydroxyl groups is 8. The van der Waals surface area contributed by atoms with E-state index in [2.05, 4.69) is 43.5 Å². The molecule has 2 heterocycles. The van der Waals surface area contributed by atoms with Gasteiger partial charge in [0.15, 0.2) is 12.6 Å². The largest absolute Gasteiger partial charge is 0.394 e. The second kappa shape index (κ2) is 51.6. The molecule has 12 unspecified atom stereocenters. The highest BCUT2D eigenvalue weighted by molar-refractivity contribution is 5.76. The Morgan fingerprint density at radius 1 is 0.438 bits per heavy atom. The molecular weight excluding hydrogens is 1010 g/mol. The van der Waals surface area contributed by atoms with E-state index >= 15 is 0 Å². The van der Waals surface area contributed by atoms with Gasteiger partial charge in [-0.15, -0.1) is 0 Å². The van der Waals surface area contributed by atoms with Gasteiger partial charge in [0, 0.05) is 6.42 Å². The van der Waals surface area contributed by atoms with Crippen LogP contribution in [0, 0.1) is 0 Å². The average molecular weight is 1140 g/mol. The van der Waals surface area contributed by atoms with Crippen molar-refractivity contribution in [3.05, 3.63) is 36.5 Å². The van der Waals surface area contributed by atoms with Gasteiger partial charge < -0.3 is 65.1 Å². The highest BCUT2D eigenvalue weighted by Gasteiger charge is 2.51. The van der Waals surface area contributed by atoms with Gasteiger partial charge in [-0.3, -0.25) is 4.79 Å². The number of amides is 1. The molecule has 80 heavy (non-hydrogen) atoms. The van der Waals surface area contributed by atoms with E-state index < -0.39 is 86.8 Å². The lowest BCUT2D eigenvalue weighted by Crippen LogP contribution is -2.65. The Hall–Kier alpha value is -1.79. The number of aliphatic hydroxyl groups excluding tert-OH is 8. The van der Waals surface area contributed by atoms with Crippen molar-refractivity contribution >= 4 is 5.91 Å². The van der Waals surface area contributed by atoms with Crippen LogP contribution in [0.2, 0.25) is 0 Å². The van der Waals surface area contributed by atoms with Crippen LogP contribution in [-0.2, 0) is 23.7 Å². The summed E-state index contributed by atoms with van der Waals surface area (Å²) in [7, 11) is 0. The fourth-order valence-corrected chi connectivity index (χ4v) is 11.0. The van der Waals surface area contributed by atoms with Crippen LogP contribution in [0.5, 0.6) is 0 Å². The van der Waals surface area contributed by atoms with Crippen molar-refractivity contribution in [1.29, 1.82) is 0 Å². The molecule has 9 N–H and O–H groups in total. The summed E-state index contributed by atoms with van der Waals surface area (Å²) in [6.45, 7) is 2.80. The summed E-state index contributed by atoms with van der Waals surface area (Å²) in [5.41, 5.74) is 0. The van der Waals surface area contributed by atoms with Gasteiger partial charge >= 0.3 is 0 Å². The number of allylic oxidation sites excluding steroid dienone is 5. The number of carbonyl (C=O) groups excluding carboxylic acids is 1. The summed E-state index contributed by atoms with van der Waals surface area (Å²) in [5.74, 6) is -0.245. The molecule has 0 saturated carbocycles. The van der Waals surface area contributed by atoms with Gasteiger partial charge in [-0.2, -0.15) is 0 Å². The highest BCUT2D eigenvalue weighted by Crippen LogP contribution is 2.30. The van der Waals surface area contributed by atoms with Crippen LogP contribution < -0.4 is 5.32 Å². The van der Waals surface area contributed by atoms with Gasteiger partial charge in [0.25, 0.3) is 0 Å². The van der Waals surface area contributed by atoms with Crippen molar-refractivity contribution in [2.24, 2.45) is 0 Å². The van der Waals surface area contributed by atoms with Gasteiger partial charge in [-0.25, -0.2) is 0 Å². The third-order valence-corrected chi connectivity index (χ3v) is 16.3. The van der Waals surface area contributed by atoms with Crippen molar-refractivity contribution in [2.75, 3.05) is 19.8 Å². The van der Waals surface area contributed by atoms with E-state index in [1.165, 1.54) is 218 Å². The summed E-state index contributed by atoms with van der Waals surface area (Å²) < 4.78 is 22.8. The Bertz CT molecular complexity index is 1480. The molecule has 0 bridgehead atoms. The Balaban J connectivity index is 1.65. The molecule has 0 aromatic rings. The van der Waals surface area contributed by atoms with E-state index in [-0.39, 0.29) is 18.9 Å². The van der Waals surface area contributed by atoms with E-state index in [1.807, 2.05) is 6.08 Å². The zero-order valence-corrected chi connectivity index (χ0v) is 50.8. The summed E-state index contributed by atoms with van der Waals surface area (Å²) in [6, 6.07) is -0.929. The quantitative estimate of drug-likeness (QED) is 0.0204. The first-order valence-corrected chi connectivity index (χ1v) is 33.2. The molecule has 2 aliphatic heterocycles. The maximum atomic E-state index is 13.3. The molecule has 2 aliphatic rings. The van der Waals surface area contributed by atoms with E-state index in [0.717, 1.165) is 32.1 Å². The minimum Gasteiger partial charge on any atom is -0.394 e. The van der Waals surface area contributed by atoms with E-state index in [1.54, 1.807) is 6.08 Å². The maximum Gasteiger partial charge on any atom is 0.220 e. The zero-order valence-electron chi connectivity index (χ0n) is 50.8. The van der Waals surface area contributed by atoms with Crippen LogP contribution in [0.15, 0.2) is 36.5 Å². The molecule has 2 saturated heterocycles. The van der Waals surface area contributed by atoms with Gasteiger partial charge in [-0.1, -0.05) is 256 Å². The second-order valence-corrected chi connectivity index (χ2v) is 23.6. The Labute approximate surface area is 487 Å². The lowest BCUT2D eigenvalue weighted by Gasteiger charge is -2.46. The SMILES string of the molecule is CCCCCCCCCC/C=C\CCCCCCCCCCCCCCCCCCCCCC(=O)NC(COC1OC(CO)C(OC2OC(CO)C(O)C(O)C2O)C(O)C1O)C(O)/C=C/CC/C=C/CCCCCCCCCCC. The van der Waals surface area contributed by atoms with E-state index in [4.69, 9.17) is 18.9 Å². The number of hydrogen-bond acceptors (Lipinski definition) is 13. The molecule has 14 heteroatoms. The monoisotopic (exact) mass is 1140 g/mol. The predicted octanol–water partition coefficient (Wildman–Crippen LogP) is 12.6. The predicted molar refractivity (Wildman–Crippen MR) is 323 cm³/mol. The summed E-state index contributed by atoms with van der Waals surface area (Å²) in [6.07, 6.45) is 47.8. The van der Waals surface area contributed by atoms with Crippen LogP contribution in [0.25, 0.3) is 0 Å². The maximum absolute atomic E-state index is 13.3. The van der Waals surface area contributed by atoms with Crippen LogP contribution in [0.4, 0.5) is 0 Å². The molecule has 1 amide bonds. The average Bonchev–Trinajstić information content (AvgIpc) is 3.46. The molecule has 0 radical (unpaired) electrons. The van der Waals surface area contributed by atoms with Gasteiger partial charge in [0.2, 0.25) is 5.91 Å². The van der Waals surface area contributed by atoms with Gasteiger partial charge in [0.05, 0.1) is 32.0 Å². The molecule has 0 aromatic carbocycles. The van der Waals surface area contributed by atoms with Crippen molar-refractivity contribution in [3.63, 3.8) is 0 Å². The number of nitrogens with one attached hydrogen (secondary N) is 1. The Morgan fingerprint density at radius 2 is 0.800 bits per heavy atom. The summed E-state index contributed by atoms with van der Waals surface area (Å²) in [4.78, 5) is 13.3. The summed E-state index contributed by atoms with van der Waals surface area (Å²) in [5, 5.41) is 87.2. The van der Waals surface area contributed by atoms with Crippen molar-refractivity contribution in [1.82, 2.24) is 5.32 Å². The van der Waals surface area contributed by atoms with Gasteiger partial charge in [0.1, 0.15) is 48.8 Å². The lowest BCUT2D eigenvalue weighted by molar-refractivity contribution is -0.359. The molecule has 470 valence electrons. The van der Waals surface area contributed by atoms with Crippen LogP contribution >= 0.6 is 0 Å². The third kappa shape index (κ3) is 36.1. The number of ether oxygens (including phenoxy) is 4. The van der Waals surface area contributed by atoms with E-state index in [0.29, 0.717) is 12.8 Å². The Morgan fingerprint density at radius 3 is 1.23 bits per heavy atom. The highest BCUT2D eigenvalue weighted by atomic mass is 16.7. The minimum atomic E-state index is -1.79. The number of carbonyl (C=O) groups is 1. The van der Waals surface area contributed by atoms with Crippen molar-refractivity contribution < 1.29 is 64.6 Å². The fourth-order valence-electron chi connectivity index (χ4n) is 11.0. The zero-order chi connectivity index (χ0) is 58.1. The van der Waals surface area contributed by atoms with Crippen molar-refractivity contribution in [2.45, 2.75) is 357 Å². The van der Waals surface area contributed by atoms with E-state index in [9.17, 15) is 45.6 Å². The first-order valence-electron chi connectivity index (χ1n) is 33.2. The molecule has 0 aliphatic carbocycles. The standard InChI is InChI=1S/C66H123NO13/c1-3-5-7-9-11-13-15-17-19-20-21-22-23-24-25-26-27-28-29-30-31-32-33-34-36-38-40-42-44-46-48-50-58(71)67-54(55(70)49-47-45-43-41-39-37-35-18-16-14-12-10-8-6-4-2)53-77-65-63(76)61(74)64(57(52-69)79-65)80-66-62(75)60(73)59(72)56(51-68)78-66/h20-21,39,41,47,49,54-57,59-66,68-70,72-76H,3-19,22-38,40,42-46,48,50-53H2,1-2H3,(H,67,71)/b21-20-,41-39+,49-47+. The number of hydrogen-bond donors (Lipinski definition) is 9. The Kier molecular flexibility index (Phi) is 47.9. The van der Waals surface area contributed by atoms with Gasteiger partial charge in [-0.05, 0) is 57.8 Å². The van der Waals surface area contributed by atoms with Crippen LogP contribution in [0.1, 0.15) is 284 Å². The third-order valence-electron chi connectivity index (χ3n) is 16.3. The normalized spacial score (nSPS) is 24.4. The number of rotatable bonds is 54. The second-order valence-electron chi connectivity index (χ2n) is 23.6. The smallest absolute Gasteiger partial charge is 0.220 e. The first-order chi connectivity index (χ1) is 39.1. The topological polar surface area (TPSA) is 228 Å². The molecule has 0 aromatic heterocycles. The molecule has 2 fully saturated rings. The van der Waals surface area contributed by atoms with Crippen LogP contribution in [-0.4, -0.2) is 140 Å². The molecule has 14 nitrogen and oxygen atoms in total. The molecule has 2 rings (SSSR count). The number of unbranched alkanes of at least 4 members (excludes halogenated alkanes) is 37. The van der Waals surface area contributed by atoms with Crippen LogP contribution in [0.3, 0.4) is 0 Å². The molecule has 0 spiro atoms. The lowest BCUT2D eigenvalue weighted by atomic mass is 9.97. The molecular formula is C66H123NO13.